The van der Waals surface area contributed by atoms with E-state index in [-0.39, 0.29) is 16.7 Å². The third kappa shape index (κ3) is 2.98. The Hall–Kier alpha value is -1.62. The summed E-state index contributed by atoms with van der Waals surface area (Å²) in [4.78, 5) is 10.3. The molecule has 1 aliphatic rings. The molecule has 0 radical (unpaired) electrons. The summed E-state index contributed by atoms with van der Waals surface area (Å²) in [6.07, 6.45) is 2.76. The van der Waals surface area contributed by atoms with E-state index < -0.39 is 0 Å². The number of benzene rings is 1. The Kier molecular flexibility index (Phi) is 3.81. The highest BCUT2D eigenvalue weighted by molar-refractivity contribution is 5.53. The molecule has 0 aliphatic carbocycles. The van der Waals surface area contributed by atoms with Crippen molar-refractivity contribution in [1.29, 1.82) is 0 Å². The van der Waals surface area contributed by atoms with E-state index >= 15 is 0 Å². The molecule has 5 heteroatoms. The molecule has 2 unspecified atom stereocenters. The van der Waals surface area contributed by atoms with Crippen molar-refractivity contribution < 1.29 is 9.66 Å². The van der Waals surface area contributed by atoms with Crippen LogP contribution in [0.2, 0.25) is 0 Å². The first-order valence-corrected chi connectivity index (χ1v) is 6.20. The second-order valence-corrected chi connectivity index (χ2v) is 4.79. The third-order valence-electron chi connectivity index (χ3n) is 3.25. The topological polar surface area (TPSA) is 64.4 Å². The van der Waals surface area contributed by atoms with Gasteiger partial charge in [-0.25, -0.2) is 0 Å². The van der Waals surface area contributed by atoms with Crippen molar-refractivity contribution >= 4 is 11.4 Å². The quantitative estimate of drug-likeness (QED) is 0.659. The van der Waals surface area contributed by atoms with E-state index in [0.29, 0.717) is 11.7 Å². The van der Waals surface area contributed by atoms with Gasteiger partial charge in [-0.15, -0.1) is 0 Å². The van der Waals surface area contributed by atoms with Gasteiger partial charge in [0.1, 0.15) is 0 Å². The lowest BCUT2D eigenvalue weighted by Gasteiger charge is -2.13. The number of ether oxygens (including phenoxy) is 1. The number of aryl methyl sites for hydroxylation is 1. The molecule has 2 rings (SSSR count). The highest BCUT2D eigenvalue weighted by atomic mass is 16.6. The highest BCUT2D eigenvalue weighted by Crippen LogP contribution is 2.23. The van der Waals surface area contributed by atoms with E-state index in [0.717, 1.165) is 25.1 Å². The Morgan fingerprint density at radius 1 is 1.50 bits per heavy atom. The zero-order chi connectivity index (χ0) is 13.1. The largest absolute Gasteiger partial charge is 0.382 e. The normalized spacial score (nSPS) is 23.0. The highest BCUT2D eigenvalue weighted by Gasteiger charge is 2.21. The fraction of sp³-hybridized carbons (Fsp3) is 0.538. The van der Waals surface area contributed by atoms with Gasteiger partial charge in [0.15, 0.2) is 0 Å². The Labute approximate surface area is 106 Å². The van der Waals surface area contributed by atoms with Crippen LogP contribution < -0.4 is 5.32 Å². The van der Waals surface area contributed by atoms with Crippen LogP contribution in [-0.2, 0) is 4.74 Å². The van der Waals surface area contributed by atoms with Gasteiger partial charge in [-0.1, -0.05) is 0 Å². The molecular weight excluding hydrogens is 232 g/mol. The molecule has 1 aromatic rings. The summed E-state index contributed by atoms with van der Waals surface area (Å²) < 4.78 is 5.70. The lowest BCUT2D eigenvalue weighted by molar-refractivity contribution is -0.385. The molecule has 1 aromatic carbocycles. The van der Waals surface area contributed by atoms with Gasteiger partial charge in [0, 0.05) is 23.9 Å². The summed E-state index contributed by atoms with van der Waals surface area (Å²) in [5.74, 6) is 0. The van der Waals surface area contributed by atoms with Gasteiger partial charge in [-0.05, 0) is 38.8 Å². The molecular formula is C13H18N2O3. The molecule has 0 aromatic heterocycles. The third-order valence-corrected chi connectivity index (χ3v) is 3.25. The van der Waals surface area contributed by atoms with Crippen LogP contribution in [0.4, 0.5) is 11.4 Å². The molecule has 1 saturated heterocycles. The van der Waals surface area contributed by atoms with E-state index in [4.69, 9.17) is 4.74 Å². The molecule has 0 saturated carbocycles. The van der Waals surface area contributed by atoms with Crippen LogP contribution >= 0.6 is 0 Å². The van der Waals surface area contributed by atoms with Crippen LogP contribution in [0.25, 0.3) is 0 Å². The maximum absolute atomic E-state index is 10.7. The molecule has 1 heterocycles. The zero-order valence-electron chi connectivity index (χ0n) is 10.7. The van der Waals surface area contributed by atoms with Crippen molar-refractivity contribution in [2.24, 2.45) is 0 Å². The second-order valence-electron chi connectivity index (χ2n) is 4.79. The molecule has 0 amide bonds. The van der Waals surface area contributed by atoms with Crippen LogP contribution in [0.5, 0.6) is 0 Å². The average Bonchev–Trinajstić information content (AvgIpc) is 2.72. The van der Waals surface area contributed by atoms with Gasteiger partial charge in [-0.2, -0.15) is 0 Å². The minimum absolute atomic E-state index is 0.159. The van der Waals surface area contributed by atoms with Gasteiger partial charge in [-0.3, -0.25) is 10.1 Å². The number of nitrogens with one attached hydrogen (secondary N) is 1. The summed E-state index contributed by atoms with van der Waals surface area (Å²) >= 11 is 0. The first-order valence-electron chi connectivity index (χ1n) is 6.20. The molecule has 1 fully saturated rings. The van der Waals surface area contributed by atoms with Crippen LogP contribution in [0, 0.1) is 17.0 Å². The van der Waals surface area contributed by atoms with Gasteiger partial charge in [0.2, 0.25) is 0 Å². The maximum Gasteiger partial charge on any atom is 0.272 e. The zero-order valence-corrected chi connectivity index (χ0v) is 10.7. The van der Waals surface area contributed by atoms with E-state index in [9.17, 15) is 10.1 Å². The van der Waals surface area contributed by atoms with Crippen LogP contribution in [-0.4, -0.2) is 23.7 Å². The maximum atomic E-state index is 10.7. The van der Waals surface area contributed by atoms with E-state index in [1.807, 2.05) is 0 Å². The predicted molar refractivity (Wildman–Crippen MR) is 69.9 cm³/mol. The average molecular weight is 250 g/mol. The van der Waals surface area contributed by atoms with Gasteiger partial charge < -0.3 is 10.1 Å². The van der Waals surface area contributed by atoms with E-state index in [1.54, 1.807) is 19.1 Å². The second kappa shape index (κ2) is 5.35. The minimum atomic E-state index is -0.360. The summed E-state index contributed by atoms with van der Waals surface area (Å²) in [7, 11) is 0. The van der Waals surface area contributed by atoms with Gasteiger partial charge >= 0.3 is 0 Å². The fourth-order valence-electron chi connectivity index (χ4n) is 2.24. The molecule has 18 heavy (non-hydrogen) atoms. The number of anilines is 1. The van der Waals surface area contributed by atoms with Crippen LogP contribution in [0.3, 0.4) is 0 Å². The fourth-order valence-corrected chi connectivity index (χ4v) is 2.24. The molecule has 0 bridgehead atoms. The predicted octanol–water partition coefficient (Wildman–Crippen LogP) is 2.88. The summed E-state index contributed by atoms with van der Waals surface area (Å²) in [5, 5.41) is 14.0. The van der Waals surface area contributed by atoms with E-state index in [1.165, 1.54) is 6.07 Å². The molecule has 2 atom stereocenters. The smallest absolute Gasteiger partial charge is 0.272 e. The monoisotopic (exact) mass is 250 g/mol. The molecule has 98 valence electrons. The summed E-state index contributed by atoms with van der Waals surface area (Å²) in [6, 6.07) is 5.08. The van der Waals surface area contributed by atoms with Crippen molar-refractivity contribution in [1.82, 2.24) is 0 Å². The number of hydrogen-bond donors (Lipinski definition) is 1. The molecule has 5 nitrogen and oxygen atoms in total. The Morgan fingerprint density at radius 2 is 2.28 bits per heavy atom. The number of rotatable bonds is 4. The van der Waals surface area contributed by atoms with E-state index in [2.05, 4.69) is 12.2 Å². The first-order chi connectivity index (χ1) is 8.56. The van der Waals surface area contributed by atoms with Crippen molar-refractivity contribution in [2.75, 3.05) is 11.9 Å². The lowest BCUT2D eigenvalue weighted by Crippen LogP contribution is -2.19. The number of nitro groups is 1. The first kappa shape index (κ1) is 12.8. The lowest BCUT2D eigenvalue weighted by atomic mass is 10.1. The van der Waals surface area contributed by atoms with Gasteiger partial charge in [0.05, 0.1) is 17.1 Å². The van der Waals surface area contributed by atoms with Crippen molar-refractivity contribution in [3.63, 3.8) is 0 Å². The van der Waals surface area contributed by atoms with Crippen LogP contribution in [0.15, 0.2) is 18.2 Å². The summed E-state index contributed by atoms with van der Waals surface area (Å²) in [6.45, 7) is 4.58. The Morgan fingerprint density at radius 3 is 2.83 bits per heavy atom. The number of hydrogen-bond acceptors (Lipinski definition) is 4. The Balaban J connectivity index is 1.94. The van der Waals surface area contributed by atoms with Crippen molar-refractivity contribution in [3.05, 3.63) is 33.9 Å². The molecule has 1 N–H and O–H groups in total. The molecule has 0 spiro atoms. The number of nitro benzene ring substituents is 1. The standard InChI is InChI=1S/C13H18N2O3/c1-9-7-11(4-6-13(9)15(16)17)14-8-12-5-3-10(2)18-12/h4,6-7,10,12,14H,3,5,8H2,1-2H3. The number of nitrogens with zero attached hydrogens (tertiary/aromatic N) is 1. The van der Waals surface area contributed by atoms with Crippen LogP contribution in [0.1, 0.15) is 25.3 Å². The van der Waals surface area contributed by atoms with Crippen molar-refractivity contribution in [3.8, 4) is 0 Å². The molecule has 1 aliphatic heterocycles. The minimum Gasteiger partial charge on any atom is -0.382 e. The summed E-state index contributed by atoms with van der Waals surface area (Å²) in [5.41, 5.74) is 1.73. The SMILES string of the molecule is Cc1cc(NCC2CCC(C)O2)ccc1[N+](=O)[O-]. The Bertz CT molecular complexity index is 448. The van der Waals surface area contributed by atoms with Gasteiger partial charge in [0.25, 0.3) is 5.69 Å². The van der Waals surface area contributed by atoms with Crippen molar-refractivity contribution in [2.45, 2.75) is 38.9 Å².